The minimum Gasteiger partial charge on any atom is -0.497 e. The number of alkyl halides is 1. The van der Waals surface area contributed by atoms with E-state index in [9.17, 15) is 0 Å². The molecule has 1 nitrogen and oxygen atoms in total. The van der Waals surface area contributed by atoms with E-state index in [-0.39, 0.29) is 5.38 Å². The van der Waals surface area contributed by atoms with Gasteiger partial charge in [0, 0.05) is 0 Å². The Hall–Kier alpha value is -0.690. The molecule has 16 heavy (non-hydrogen) atoms. The average molecular weight is 241 g/mol. The van der Waals surface area contributed by atoms with Crippen molar-refractivity contribution in [3.8, 4) is 5.75 Å². The highest BCUT2D eigenvalue weighted by molar-refractivity contribution is 6.20. The summed E-state index contributed by atoms with van der Waals surface area (Å²) in [5.41, 5.74) is 2.44. The van der Waals surface area contributed by atoms with Gasteiger partial charge in [-0.25, -0.2) is 0 Å². The summed E-state index contributed by atoms with van der Waals surface area (Å²) in [6.45, 7) is 6.53. The Balaban J connectivity index is 2.79. The summed E-state index contributed by atoms with van der Waals surface area (Å²) in [5, 5.41) is 0.112. The van der Waals surface area contributed by atoms with E-state index in [1.54, 1.807) is 7.11 Å². The standard InChI is InChI=1S/C14H21ClO/c1-5-10(2)8-14(15)13-7-6-12(16-4)9-11(13)3/h6-7,9-10,14H,5,8H2,1-4H3. The smallest absolute Gasteiger partial charge is 0.119 e. The van der Waals surface area contributed by atoms with Gasteiger partial charge in [0.15, 0.2) is 0 Å². The predicted molar refractivity (Wildman–Crippen MR) is 70.4 cm³/mol. The highest BCUT2D eigenvalue weighted by atomic mass is 35.5. The van der Waals surface area contributed by atoms with Crippen LogP contribution in [0.4, 0.5) is 0 Å². The topological polar surface area (TPSA) is 9.23 Å². The molecule has 0 aliphatic carbocycles. The van der Waals surface area contributed by atoms with Gasteiger partial charge in [-0.2, -0.15) is 0 Å². The zero-order valence-corrected chi connectivity index (χ0v) is 11.3. The summed E-state index contributed by atoms with van der Waals surface area (Å²) < 4.78 is 5.19. The minimum absolute atomic E-state index is 0.112. The second-order valence-corrected chi connectivity index (χ2v) is 4.97. The van der Waals surface area contributed by atoms with E-state index in [1.165, 1.54) is 17.5 Å². The number of ether oxygens (including phenoxy) is 1. The first kappa shape index (κ1) is 13.4. The molecular weight excluding hydrogens is 220 g/mol. The van der Waals surface area contributed by atoms with Crippen LogP contribution in [0.2, 0.25) is 0 Å². The molecule has 0 fully saturated rings. The first-order chi connectivity index (χ1) is 7.58. The Morgan fingerprint density at radius 1 is 1.38 bits per heavy atom. The van der Waals surface area contributed by atoms with Crippen LogP contribution in [0, 0.1) is 12.8 Å². The van der Waals surface area contributed by atoms with Crippen LogP contribution in [0.3, 0.4) is 0 Å². The monoisotopic (exact) mass is 240 g/mol. The molecule has 0 heterocycles. The third-order valence-electron chi connectivity index (χ3n) is 3.12. The second kappa shape index (κ2) is 6.15. The molecular formula is C14H21ClO. The normalized spacial score (nSPS) is 14.6. The Labute approximate surface area is 104 Å². The molecule has 0 saturated heterocycles. The zero-order chi connectivity index (χ0) is 12.1. The molecule has 0 aromatic heterocycles. The van der Waals surface area contributed by atoms with E-state index in [1.807, 2.05) is 12.1 Å². The Bertz CT molecular complexity index is 336. The SMILES string of the molecule is CCC(C)CC(Cl)c1ccc(OC)cc1C. The third kappa shape index (κ3) is 3.41. The van der Waals surface area contributed by atoms with Crippen molar-refractivity contribution in [1.82, 2.24) is 0 Å². The molecule has 2 unspecified atom stereocenters. The molecule has 1 aromatic rings. The molecule has 0 saturated carbocycles. The predicted octanol–water partition coefficient (Wildman–Crippen LogP) is 4.72. The first-order valence-electron chi connectivity index (χ1n) is 5.87. The van der Waals surface area contributed by atoms with Gasteiger partial charge in [0.25, 0.3) is 0 Å². The molecule has 0 amide bonds. The van der Waals surface area contributed by atoms with E-state index in [0.29, 0.717) is 5.92 Å². The maximum atomic E-state index is 6.44. The number of benzene rings is 1. The summed E-state index contributed by atoms with van der Waals surface area (Å²) in [7, 11) is 1.69. The quantitative estimate of drug-likeness (QED) is 0.677. The van der Waals surface area contributed by atoms with Crippen molar-refractivity contribution < 1.29 is 4.74 Å². The fraction of sp³-hybridized carbons (Fsp3) is 0.571. The van der Waals surface area contributed by atoms with E-state index >= 15 is 0 Å². The number of rotatable bonds is 5. The van der Waals surface area contributed by atoms with Gasteiger partial charge in [-0.15, -0.1) is 11.6 Å². The molecule has 0 aliphatic heterocycles. The van der Waals surface area contributed by atoms with E-state index in [0.717, 1.165) is 12.2 Å². The lowest BCUT2D eigenvalue weighted by Crippen LogP contribution is -2.01. The van der Waals surface area contributed by atoms with Crippen molar-refractivity contribution in [2.24, 2.45) is 5.92 Å². The molecule has 90 valence electrons. The van der Waals surface area contributed by atoms with Crippen molar-refractivity contribution in [2.75, 3.05) is 7.11 Å². The summed E-state index contributed by atoms with van der Waals surface area (Å²) in [5.74, 6) is 1.57. The van der Waals surface area contributed by atoms with Crippen LogP contribution in [0.15, 0.2) is 18.2 Å². The van der Waals surface area contributed by atoms with Crippen molar-refractivity contribution in [3.05, 3.63) is 29.3 Å². The van der Waals surface area contributed by atoms with Crippen molar-refractivity contribution in [1.29, 1.82) is 0 Å². The van der Waals surface area contributed by atoms with Gasteiger partial charge in [0.1, 0.15) is 5.75 Å². The average Bonchev–Trinajstić information content (AvgIpc) is 2.28. The lowest BCUT2D eigenvalue weighted by Gasteiger charge is -2.17. The van der Waals surface area contributed by atoms with Gasteiger partial charge >= 0.3 is 0 Å². The Morgan fingerprint density at radius 3 is 2.56 bits per heavy atom. The number of hydrogen-bond donors (Lipinski definition) is 0. The number of aryl methyl sites for hydroxylation is 1. The lowest BCUT2D eigenvalue weighted by molar-refractivity contribution is 0.414. The summed E-state index contributed by atoms with van der Waals surface area (Å²) >= 11 is 6.44. The first-order valence-corrected chi connectivity index (χ1v) is 6.30. The molecule has 0 bridgehead atoms. The van der Waals surface area contributed by atoms with E-state index in [4.69, 9.17) is 16.3 Å². The van der Waals surface area contributed by atoms with Gasteiger partial charge in [-0.05, 0) is 42.5 Å². The van der Waals surface area contributed by atoms with E-state index in [2.05, 4.69) is 26.8 Å². The summed E-state index contributed by atoms with van der Waals surface area (Å²) in [6, 6.07) is 6.10. The van der Waals surface area contributed by atoms with Crippen LogP contribution in [0.25, 0.3) is 0 Å². The minimum atomic E-state index is 0.112. The maximum Gasteiger partial charge on any atom is 0.119 e. The summed E-state index contributed by atoms with van der Waals surface area (Å²) in [6.07, 6.45) is 2.21. The highest BCUT2D eigenvalue weighted by Crippen LogP contribution is 2.32. The molecule has 2 heteroatoms. The van der Waals surface area contributed by atoms with Crippen molar-refractivity contribution >= 4 is 11.6 Å². The molecule has 1 rings (SSSR count). The Morgan fingerprint density at radius 2 is 2.06 bits per heavy atom. The van der Waals surface area contributed by atoms with Crippen LogP contribution >= 0.6 is 11.6 Å². The van der Waals surface area contributed by atoms with Gasteiger partial charge in [0.2, 0.25) is 0 Å². The highest BCUT2D eigenvalue weighted by Gasteiger charge is 2.14. The van der Waals surface area contributed by atoms with Crippen LogP contribution in [-0.2, 0) is 0 Å². The molecule has 0 spiro atoms. The van der Waals surface area contributed by atoms with Gasteiger partial charge < -0.3 is 4.74 Å². The third-order valence-corrected chi connectivity index (χ3v) is 3.53. The number of hydrogen-bond acceptors (Lipinski definition) is 1. The number of halogens is 1. The van der Waals surface area contributed by atoms with Crippen LogP contribution in [0.5, 0.6) is 5.75 Å². The molecule has 0 aliphatic rings. The molecule has 1 aromatic carbocycles. The van der Waals surface area contributed by atoms with E-state index < -0.39 is 0 Å². The lowest BCUT2D eigenvalue weighted by atomic mass is 9.96. The van der Waals surface area contributed by atoms with Gasteiger partial charge in [-0.1, -0.05) is 26.3 Å². The largest absolute Gasteiger partial charge is 0.497 e. The molecule has 0 radical (unpaired) electrons. The fourth-order valence-electron chi connectivity index (χ4n) is 1.77. The van der Waals surface area contributed by atoms with Crippen LogP contribution < -0.4 is 4.74 Å². The van der Waals surface area contributed by atoms with Gasteiger partial charge in [0.05, 0.1) is 12.5 Å². The van der Waals surface area contributed by atoms with Gasteiger partial charge in [-0.3, -0.25) is 0 Å². The number of methoxy groups -OCH3 is 1. The van der Waals surface area contributed by atoms with Crippen molar-refractivity contribution in [2.45, 2.75) is 39.0 Å². The van der Waals surface area contributed by atoms with Crippen LogP contribution in [-0.4, -0.2) is 7.11 Å². The maximum absolute atomic E-state index is 6.44. The molecule has 0 N–H and O–H groups in total. The Kier molecular flexibility index (Phi) is 5.14. The molecule has 2 atom stereocenters. The van der Waals surface area contributed by atoms with Crippen molar-refractivity contribution in [3.63, 3.8) is 0 Å². The fourth-order valence-corrected chi connectivity index (χ4v) is 2.32. The summed E-state index contributed by atoms with van der Waals surface area (Å²) in [4.78, 5) is 0. The van der Waals surface area contributed by atoms with Crippen LogP contribution in [0.1, 0.15) is 43.2 Å². The second-order valence-electron chi connectivity index (χ2n) is 4.44. The zero-order valence-electron chi connectivity index (χ0n) is 10.6.